The maximum absolute atomic E-state index is 6.51. The molecule has 0 saturated carbocycles. The highest BCUT2D eigenvalue weighted by atomic mass is 16.5. The maximum Gasteiger partial charge on any atom is 0.122 e. The van der Waals surface area contributed by atoms with Gasteiger partial charge in [-0.3, -0.25) is 0 Å². The number of anilines is 3. The Morgan fingerprint density at radius 1 is 0.232 bits per heavy atom. The third kappa shape index (κ3) is 10.4. The zero-order valence-corrected chi connectivity index (χ0v) is 55.9. The molecule has 0 atom stereocenters. The summed E-state index contributed by atoms with van der Waals surface area (Å²) in [7, 11) is 0. The summed E-state index contributed by atoms with van der Waals surface area (Å²) in [5.41, 5.74) is 27.7. The van der Waals surface area contributed by atoms with Gasteiger partial charge < -0.3 is 14.4 Å². The Morgan fingerprint density at radius 2 is 0.545 bits per heavy atom. The zero-order chi connectivity index (χ0) is 66.3. The smallest absolute Gasteiger partial charge is 0.122 e. The average molecular weight is 1270 g/mol. The normalized spacial score (nSPS) is 13.1. The van der Waals surface area contributed by atoms with Gasteiger partial charge in [0.15, 0.2) is 0 Å². The van der Waals surface area contributed by atoms with Crippen molar-refractivity contribution in [1.29, 1.82) is 0 Å². The molecule has 99 heavy (non-hydrogen) atoms. The van der Waals surface area contributed by atoms with Gasteiger partial charge in [0, 0.05) is 27.9 Å². The summed E-state index contributed by atoms with van der Waals surface area (Å²) in [5, 5.41) is 10.00. The number of ether oxygens (including phenoxy) is 2. The van der Waals surface area contributed by atoms with Gasteiger partial charge in [-0.2, -0.15) is 0 Å². The van der Waals surface area contributed by atoms with Gasteiger partial charge >= 0.3 is 0 Å². The van der Waals surface area contributed by atoms with Crippen LogP contribution in [-0.4, -0.2) is 13.2 Å². The first kappa shape index (κ1) is 59.5. The second-order valence-electron chi connectivity index (χ2n) is 27.8. The first-order valence-electron chi connectivity index (χ1n) is 34.6. The van der Waals surface area contributed by atoms with Crippen molar-refractivity contribution in [1.82, 2.24) is 0 Å². The number of hydrogen-bond acceptors (Lipinski definition) is 3. The molecular formula is C96H71NO2. The van der Waals surface area contributed by atoms with E-state index < -0.39 is 0 Å². The monoisotopic (exact) mass is 1270 g/mol. The Bertz CT molecular complexity index is 5500. The van der Waals surface area contributed by atoms with Crippen LogP contribution in [0.3, 0.4) is 0 Å². The number of nitrogens with zero attached hydrogens (tertiary/aromatic N) is 1. The molecule has 0 fully saturated rings. The topological polar surface area (TPSA) is 21.7 Å². The van der Waals surface area contributed by atoms with Crippen LogP contribution in [0.5, 0.6) is 11.5 Å². The Morgan fingerprint density at radius 3 is 0.970 bits per heavy atom. The molecule has 0 unspecified atom stereocenters. The van der Waals surface area contributed by atoms with Crippen molar-refractivity contribution in [3.8, 4) is 101 Å². The lowest BCUT2D eigenvalue weighted by Crippen LogP contribution is -2.17. The molecule has 0 bridgehead atoms. The van der Waals surface area contributed by atoms with Gasteiger partial charge in [0.05, 0.1) is 0 Å². The van der Waals surface area contributed by atoms with Gasteiger partial charge in [0.25, 0.3) is 0 Å². The van der Waals surface area contributed by atoms with E-state index >= 15 is 0 Å². The first-order chi connectivity index (χ1) is 48.6. The van der Waals surface area contributed by atoms with Crippen LogP contribution in [0.1, 0.15) is 49.9 Å². The Balaban J connectivity index is 0.583. The van der Waals surface area contributed by atoms with Crippen LogP contribution in [0.4, 0.5) is 17.1 Å². The predicted molar refractivity (Wildman–Crippen MR) is 416 cm³/mol. The molecule has 18 rings (SSSR count). The fraction of sp³-hybridized carbons (Fsp3) is 0.0833. The van der Waals surface area contributed by atoms with E-state index in [0.29, 0.717) is 13.2 Å². The van der Waals surface area contributed by atoms with Gasteiger partial charge in [-0.25, -0.2) is 0 Å². The van der Waals surface area contributed by atoms with Crippen LogP contribution in [0.15, 0.2) is 334 Å². The summed E-state index contributed by atoms with van der Waals surface area (Å²) >= 11 is 0. The third-order valence-corrected chi connectivity index (χ3v) is 21.2. The highest BCUT2D eigenvalue weighted by Crippen LogP contribution is 2.54. The summed E-state index contributed by atoms with van der Waals surface area (Å²) in [5.74, 6) is 1.64. The second kappa shape index (κ2) is 23.9. The van der Waals surface area contributed by atoms with E-state index in [-0.39, 0.29) is 10.8 Å². The fourth-order valence-electron chi connectivity index (χ4n) is 16.1. The van der Waals surface area contributed by atoms with E-state index in [9.17, 15) is 0 Å². The molecule has 472 valence electrons. The van der Waals surface area contributed by atoms with Crippen molar-refractivity contribution < 1.29 is 9.47 Å². The maximum atomic E-state index is 6.51. The Labute approximate surface area is 579 Å². The minimum Gasteiger partial charge on any atom is -0.490 e. The summed E-state index contributed by atoms with van der Waals surface area (Å²) in [6.45, 7) is 10.3. The van der Waals surface area contributed by atoms with Crippen molar-refractivity contribution in [3.05, 3.63) is 356 Å². The van der Waals surface area contributed by atoms with Crippen LogP contribution in [0.2, 0.25) is 0 Å². The number of rotatable bonds is 14. The molecule has 3 nitrogen and oxygen atoms in total. The first-order valence-corrected chi connectivity index (χ1v) is 34.6. The Kier molecular flexibility index (Phi) is 14.4. The number of fused-ring (bicyclic) bond motifs is 10. The molecule has 0 heterocycles. The third-order valence-electron chi connectivity index (χ3n) is 21.2. The van der Waals surface area contributed by atoms with Crippen LogP contribution in [0, 0.1) is 0 Å². The van der Waals surface area contributed by atoms with Crippen molar-refractivity contribution in [2.45, 2.75) is 38.5 Å². The molecule has 2 aliphatic rings. The van der Waals surface area contributed by atoms with Gasteiger partial charge in [-0.15, -0.1) is 0 Å². The van der Waals surface area contributed by atoms with E-state index in [4.69, 9.17) is 9.47 Å². The number of benzene rings is 16. The predicted octanol–water partition coefficient (Wildman–Crippen LogP) is 25.8. The highest BCUT2D eigenvalue weighted by molar-refractivity contribution is 6.14. The van der Waals surface area contributed by atoms with Gasteiger partial charge in [-0.05, 0) is 257 Å². The molecule has 2 aliphatic carbocycles. The quantitative estimate of drug-likeness (QED) is 0.0800. The van der Waals surface area contributed by atoms with Crippen LogP contribution < -0.4 is 14.4 Å². The second-order valence-corrected chi connectivity index (χ2v) is 27.8. The average Bonchev–Trinajstić information content (AvgIpc) is 1.61. The van der Waals surface area contributed by atoms with Crippen molar-refractivity contribution in [2.75, 3.05) is 18.1 Å². The molecule has 3 heteroatoms. The lowest BCUT2D eigenvalue weighted by atomic mass is 9.80. The summed E-state index contributed by atoms with van der Waals surface area (Å²) in [6.07, 6.45) is 0. The minimum absolute atomic E-state index is 0.202. The largest absolute Gasteiger partial charge is 0.490 e. The molecular weight excluding hydrogens is 1200 g/mol. The van der Waals surface area contributed by atoms with Gasteiger partial charge in [0.2, 0.25) is 0 Å². The van der Waals surface area contributed by atoms with E-state index in [1.165, 1.54) is 121 Å². The molecule has 0 saturated heterocycles. The van der Waals surface area contributed by atoms with Gasteiger partial charge in [-0.1, -0.05) is 258 Å². The molecule has 0 amide bonds. The van der Waals surface area contributed by atoms with E-state index in [1.54, 1.807) is 0 Å². The SMILES string of the molecule is CC1(C)c2cc(OCCOc3ccc(-c4cc(-c5ccc(-c6c7ccccc7cc7ccccc67)cc5)cc(-c5ccc(-c6c7ccccc7cc7ccccc67)cc5)c4)cc3)ccc2-c2ccc(-c3ccc4c(c3)C(C)(C)c3cc(N(c5ccccc5)c5ccccc5)ccc3-4)cc21. The number of para-hydroxylation sites is 2. The standard InChI is InChI=1S/C96H71NO2/c1-95(2)89-58-67(41-47-85(89)87-49-43-78(60-91(87)95)97(76-23-7-5-8-24-76)77-25-9-6-10-26-77)68-42-48-86-88-50-46-80(61-92(88)96(3,4)90(86)59-68)99-52-51-98-79-44-39-64(40-45-79)75-56-73(62-31-35-65(36-32-62)93-81-27-15-11-19-69(81)53-70-20-12-16-28-82(70)93)55-74(57-75)63-33-37-66(38-34-63)94-83-29-17-13-21-71(83)54-72-22-14-18-30-84(72)94/h5-50,53-61H,51-52H2,1-4H3. The molecule has 16 aromatic carbocycles. The van der Waals surface area contributed by atoms with Crippen LogP contribution in [0.25, 0.3) is 132 Å². The molecule has 0 radical (unpaired) electrons. The van der Waals surface area contributed by atoms with Crippen LogP contribution in [-0.2, 0) is 10.8 Å². The summed E-state index contributed by atoms with van der Waals surface area (Å²) < 4.78 is 12.9. The molecule has 0 aliphatic heterocycles. The van der Waals surface area contributed by atoms with Crippen molar-refractivity contribution in [2.24, 2.45) is 0 Å². The van der Waals surface area contributed by atoms with E-state index in [1.807, 2.05) is 0 Å². The molecule has 0 N–H and O–H groups in total. The highest BCUT2D eigenvalue weighted by Gasteiger charge is 2.38. The molecule has 0 spiro atoms. The summed E-state index contributed by atoms with van der Waals surface area (Å²) in [4.78, 5) is 2.36. The minimum atomic E-state index is -0.235. The van der Waals surface area contributed by atoms with Crippen LogP contribution >= 0.6 is 0 Å². The van der Waals surface area contributed by atoms with Crippen molar-refractivity contribution >= 4 is 60.2 Å². The molecule has 16 aromatic rings. The molecule has 0 aromatic heterocycles. The van der Waals surface area contributed by atoms with Gasteiger partial charge in [0.1, 0.15) is 24.7 Å². The Hall–Kier alpha value is -12.0. The van der Waals surface area contributed by atoms with E-state index in [2.05, 4.69) is 366 Å². The lowest BCUT2D eigenvalue weighted by Gasteiger charge is -2.28. The van der Waals surface area contributed by atoms with E-state index in [0.717, 1.165) is 61.9 Å². The zero-order valence-electron chi connectivity index (χ0n) is 55.9. The fourth-order valence-corrected chi connectivity index (χ4v) is 16.1. The summed E-state index contributed by atoms with van der Waals surface area (Å²) in [6, 6.07) is 123. The lowest BCUT2D eigenvalue weighted by molar-refractivity contribution is 0.217. The number of hydrogen-bond donors (Lipinski definition) is 0. The van der Waals surface area contributed by atoms with Crippen molar-refractivity contribution in [3.63, 3.8) is 0 Å².